The molecule has 1 atom stereocenters. The fourth-order valence-electron chi connectivity index (χ4n) is 2.11. The lowest BCUT2D eigenvalue weighted by Crippen LogP contribution is -2.88. The number of alkyl halides is 3. The Kier molecular flexibility index (Phi) is 7.15. The molecule has 0 unspecified atom stereocenters. The van der Waals surface area contributed by atoms with Gasteiger partial charge in [0.05, 0.1) is 0 Å². The maximum Gasteiger partial charge on any atom is 0.405 e. The van der Waals surface area contributed by atoms with Crippen molar-refractivity contribution in [3.63, 3.8) is 0 Å². The van der Waals surface area contributed by atoms with Gasteiger partial charge in [0.1, 0.15) is 18.4 Å². The van der Waals surface area contributed by atoms with Gasteiger partial charge >= 0.3 is 12.2 Å². The molecule has 134 valence electrons. The van der Waals surface area contributed by atoms with E-state index in [0.717, 1.165) is 5.56 Å². The van der Waals surface area contributed by atoms with Crippen molar-refractivity contribution in [2.24, 2.45) is 5.92 Å². The quantitative estimate of drug-likeness (QED) is 0.680. The molecule has 0 aromatic heterocycles. The number of hydrogen-bond donors (Lipinski definition) is 3. The maximum absolute atomic E-state index is 13.0. The molecule has 0 radical (unpaired) electrons. The van der Waals surface area contributed by atoms with Crippen LogP contribution < -0.4 is 16.0 Å². The minimum Gasteiger partial charge on any atom is -0.332 e. The third kappa shape index (κ3) is 7.40. The minimum atomic E-state index is -4.54. The van der Waals surface area contributed by atoms with Crippen LogP contribution in [-0.2, 0) is 4.79 Å². The molecule has 5 nitrogen and oxygen atoms in total. The van der Waals surface area contributed by atoms with Gasteiger partial charge in [-0.25, -0.2) is 9.18 Å². The molecule has 0 heterocycles. The van der Waals surface area contributed by atoms with Gasteiger partial charge in [-0.2, -0.15) is 13.2 Å². The zero-order valence-electron chi connectivity index (χ0n) is 13.3. The monoisotopic (exact) mass is 350 g/mol. The van der Waals surface area contributed by atoms with Gasteiger partial charge in [0, 0.05) is 11.5 Å². The molecular weight excluding hydrogens is 330 g/mol. The maximum atomic E-state index is 13.0. The molecule has 0 saturated heterocycles. The van der Waals surface area contributed by atoms with Crippen LogP contribution in [-0.4, -0.2) is 31.2 Å². The number of quaternary nitrogens is 1. The zero-order valence-corrected chi connectivity index (χ0v) is 13.3. The van der Waals surface area contributed by atoms with Gasteiger partial charge in [-0.3, -0.25) is 10.1 Å². The Morgan fingerprint density at radius 1 is 1.17 bits per heavy atom. The van der Waals surface area contributed by atoms with Gasteiger partial charge in [-0.15, -0.1) is 0 Å². The second-order valence-corrected chi connectivity index (χ2v) is 5.61. The summed E-state index contributed by atoms with van der Waals surface area (Å²) in [6.45, 7) is 2.16. The summed E-state index contributed by atoms with van der Waals surface area (Å²) in [5.41, 5.74) is 0.806. The topological polar surface area (TPSA) is 74.8 Å². The van der Waals surface area contributed by atoms with Crippen molar-refractivity contribution in [3.05, 3.63) is 35.6 Å². The summed E-state index contributed by atoms with van der Waals surface area (Å²) in [7, 11) is 0. The summed E-state index contributed by atoms with van der Waals surface area (Å²) < 4.78 is 48.8. The second kappa shape index (κ2) is 8.62. The number of rotatable bonds is 6. The molecule has 24 heavy (non-hydrogen) atoms. The van der Waals surface area contributed by atoms with Crippen LogP contribution in [0.1, 0.15) is 25.5 Å². The van der Waals surface area contributed by atoms with Crippen molar-refractivity contribution in [1.82, 2.24) is 10.6 Å². The zero-order chi connectivity index (χ0) is 18.3. The first-order chi connectivity index (χ1) is 11.1. The average Bonchev–Trinajstić information content (AvgIpc) is 2.46. The van der Waals surface area contributed by atoms with E-state index in [4.69, 9.17) is 0 Å². The van der Waals surface area contributed by atoms with Gasteiger partial charge in [-0.05, 0) is 12.1 Å². The summed E-state index contributed by atoms with van der Waals surface area (Å²) in [4.78, 5) is 22.8. The van der Waals surface area contributed by atoms with E-state index in [1.807, 2.05) is 19.2 Å². The predicted octanol–water partition coefficient (Wildman–Crippen LogP) is 1.47. The molecule has 3 amide bonds. The molecule has 0 bridgehead atoms. The van der Waals surface area contributed by atoms with E-state index in [1.54, 1.807) is 22.8 Å². The number of benzene rings is 1. The fourth-order valence-corrected chi connectivity index (χ4v) is 2.11. The number of imide groups is 1. The van der Waals surface area contributed by atoms with Crippen LogP contribution in [0.4, 0.5) is 22.4 Å². The standard InChI is InChI=1S/C15H19F4N3O2/c1-9(2)13(10-3-5-11(16)6-4-10)20-7-12(23)22-14(24)21-8-15(17,18)19/h3-6,9,13,20H,7-8H2,1-2H3,(H2,21,22,23,24)/p+1/t13-/m1/s1. The lowest BCUT2D eigenvalue weighted by molar-refractivity contribution is -0.692. The highest BCUT2D eigenvalue weighted by molar-refractivity contribution is 5.94. The Morgan fingerprint density at radius 2 is 1.75 bits per heavy atom. The summed E-state index contributed by atoms with van der Waals surface area (Å²) in [5.74, 6) is -0.981. The molecule has 1 aromatic carbocycles. The highest BCUT2D eigenvalue weighted by atomic mass is 19.4. The first kappa shape index (κ1) is 19.9. The lowest BCUT2D eigenvalue weighted by Gasteiger charge is -2.19. The van der Waals surface area contributed by atoms with Gasteiger partial charge in [-0.1, -0.05) is 26.0 Å². The van der Waals surface area contributed by atoms with Crippen LogP contribution in [0.2, 0.25) is 0 Å². The molecule has 0 spiro atoms. The molecule has 1 aromatic rings. The predicted molar refractivity (Wildman–Crippen MR) is 78.4 cm³/mol. The van der Waals surface area contributed by atoms with Crippen molar-refractivity contribution in [3.8, 4) is 0 Å². The van der Waals surface area contributed by atoms with Crippen molar-refractivity contribution >= 4 is 11.9 Å². The van der Waals surface area contributed by atoms with E-state index < -0.39 is 24.7 Å². The van der Waals surface area contributed by atoms with Gasteiger partial charge in [0.25, 0.3) is 5.91 Å². The highest BCUT2D eigenvalue weighted by Gasteiger charge is 2.28. The van der Waals surface area contributed by atoms with Crippen molar-refractivity contribution in [1.29, 1.82) is 0 Å². The van der Waals surface area contributed by atoms with Crippen molar-refractivity contribution in [2.75, 3.05) is 13.1 Å². The van der Waals surface area contributed by atoms with E-state index >= 15 is 0 Å². The Hall–Kier alpha value is -2.16. The molecule has 0 saturated carbocycles. The minimum absolute atomic E-state index is 0.113. The van der Waals surface area contributed by atoms with E-state index in [0.29, 0.717) is 0 Å². The SMILES string of the molecule is CC(C)[C@@H]([NH2+]CC(=O)NC(=O)NCC(F)(F)F)c1ccc(F)cc1. The third-order valence-electron chi connectivity index (χ3n) is 3.23. The number of carbonyl (C=O) groups excluding carboxylic acids is 2. The number of urea groups is 1. The van der Waals surface area contributed by atoms with Crippen LogP contribution >= 0.6 is 0 Å². The smallest absolute Gasteiger partial charge is 0.332 e. The van der Waals surface area contributed by atoms with Crippen molar-refractivity contribution < 1.29 is 32.5 Å². The Balaban J connectivity index is 2.51. The molecule has 0 fully saturated rings. The number of carbonyl (C=O) groups is 2. The van der Waals surface area contributed by atoms with E-state index in [9.17, 15) is 27.2 Å². The van der Waals surface area contributed by atoms with Gasteiger partial charge in [0.2, 0.25) is 0 Å². The normalized spacial score (nSPS) is 12.8. The first-order valence-electron chi connectivity index (χ1n) is 7.31. The lowest BCUT2D eigenvalue weighted by atomic mass is 9.96. The molecule has 4 N–H and O–H groups in total. The number of nitrogens with two attached hydrogens (primary N) is 1. The number of nitrogens with one attached hydrogen (secondary N) is 2. The van der Waals surface area contributed by atoms with E-state index in [2.05, 4.69) is 0 Å². The molecule has 0 aliphatic heterocycles. The molecule has 9 heteroatoms. The molecule has 0 aliphatic rings. The van der Waals surface area contributed by atoms with Crippen LogP contribution in [0.3, 0.4) is 0 Å². The first-order valence-corrected chi connectivity index (χ1v) is 7.31. The van der Waals surface area contributed by atoms with Crippen LogP contribution in [0.25, 0.3) is 0 Å². The second-order valence-electron chi connectivity index (χ2n) is 5.61. The summed E-state index contributed by atoms with van der Waals surface area (Å²) in [5, 5.41) is 5.02. The third-order valence-corrected chi connectivity index (χ3v) is 3.23. The highest BCUT2D eigenvalue weighted by Crippen LogP contribution is 2.17. The van der Waals surface area contributed by atoms with Gasteiger partial charge < -0.3 is 10.6 Å². The number of halogens is 4. The van der Waals surface area contributed by atoms with Gasteiger partial charge in [0.15, 0.2) is 6.54 Å². The summed E-state index contributed by atoms with van der Waals surface area (Å²) in [6, 6.07) is 4.46. The molecule has 0 aliphatic carbocycles. The number of amides is 3. The summed E-state index contributed by atoms with van der Waals surface area (Å²) >= 11 is 0. The molecular formula is C15H20F4N3O2+. The Labute approximate surface area is 136 Å². The van der Waals surface area contributed by atoms with E-state index in [1.165, 1.54) is 12.1 Å². The Bertz CT molecular complexity index is 559. The van der Waals surface area contributed by atoms with Crippen LogP contribution in [0, 0.1) is 11.7 Å². The average molecular weight is 350 g/mol. The van der Waals surface area contributed by atoms with Crippen LogP contribution in [0.15, 0.2) is 24.3 Å². The molecule has 1 rings (SSSR count). The van der Waals surface area contributed by atoms with E-state index in [-0.39, 0.29) is 24.3 Å². The Morgan fingerprint density at radius 3 is 2.25 bits per heavy atom. The van der Waals surface area contributed by atoms with Crippen molar-refractivity contribution in [2.45, 2.75) is 26.1 Å². The fraction of sp³-hybridized carbons (Fsp3) is 0.467. The summed E-state index contributed by atoms with van der Waals surface area (Å²) in [6.07, 6.45) is -4.54. The van der Waals surface area contributed by atoms with Crippen LogP contribution in [0.5, 0.6) is 0 Å². The largest absolute Gasteiger partial charge is 0.405 e. The number of hydrogen-bond acceptors (Lipinski definition) is 2.